The molecular weight excluding hydrogens is 509 g/mol. The van der Waals surface area contributed by atoms with Crippen molar-refractivity contribution in [2.75, 3.05) is 24.8 Å². The number of amides is 1. The van der Waals surface area contributed by atoms with Gasteiger partial charge in [-0.15, -0.1) is 0 Å². The summed E-state index contributed by atoms with van der Waals surface area (Å²) in [6.45, 7) is -0.692. The minimum Gasteiger partial charge on any atom is -0.468 e. The molecule has 1 amide bonds. The van der Waals surface area contributed by atoms with Crippen molar-refractivity contribution < 1.29 is 35.9 Å². The summed E-state index contributed by atoms with van der Waals surface area (Å²) in [5.74, 6) is -1.95. The van der Waals surface area contributed by atoms with Crippen molar-refractivity contribution in [2.45, 2.75) is 11.1 Å². The molecule has 12 heteroatoms. The van der Waals surface area contributed by atoms with E-state index in [0.29, 0.717) is 28.3 Å². The van der Waals surface area contributed by atoms with Crippen molar-refractivity contribution in [3.63, 3.8) is 0 Å². The summed E-state index contributed by atoms with van der Waals surface area (Å²) in [4.78, 5) is 29.8. The van der Waals surface area contributed by atoms with Crippen LogP contribution in [0.1, 0.15) is 15.9 Å². The molecule has 1 heterocycles. The van der Waals surface area contributed by atoms with Gasteiger partial charge >= 0.3 is 12.1 Å². The van der Waals surface area contributed by atoms with Crippen molar-refractivity contribution in [3.05, 3.63) is 77.1 Å². The normalized spacial score (nSPS) is 11.7. The van der Waals surface area contributed by atoms with Gasteiger partial charge in [-0.05, 0) is 30.3 Å². The van der Waals surface area contributed by atoms with Crippen molar-refractivity contribution in [1.82, 2.24) is 4.98 Å². The summed E-state index contributed by atoms with van der Waals surface area (Å²) < 4.78 is 69.2. The monoisotopic (exact) mass is 526 g/mol. The smallest absolute Gasteiger partial charge is 0.416 e. The van der Waals surface area contributed by atoms with Crippen molar-refractivity contribution >= 4 is 39.0 Å². The summed E-state index contributed by atoms with van der Waals surface area (Å²) in [6.07, 6.45) is -1.56. The van der Waals surface area contributed by atoms with Crippen LogP contribution in [0.5, 0.6) is 0 Å². The molecule has 2 aromatic carbocycles. The van der Waals surface area contributed by atoms with Crippen LogP contribution in [0.4, 0.5) is 18.9 Å². The standard InChI is InChI=1S/C23H18ClF3N2O5S/c1-34-21(30)13-29(20-12-28-8-7-18(20)17-5-3-4-6-19(17)24)22(31)14-9-15(23(25,26)27)11-16(10-14)35(2,32)33/h3-12H,13H2,1-2H3. The van der Waals surface area contributed by atoms with Gasteiger partial charge in [0.1, 0.15) is 6.54 Å². The van der Waals surface area contributed by atoms with E-state index < -0.39 is 50.5 Å². The molecule has 184 valence electrons. The number of carbonyl (C=O) groups excluding carboxylic acids is 2. The van der Waals surface area contributed by atoms with Crippen molar-refractivity contribution in [2.24, 2.45) is 0 Å². The first-order chi connectivity index (χ1) is 16.3. The fourth-order valence-electron chi connectivity index (χ4n) is 3.22. The number of esters is 1. The van der Waals surface area contributed by atoms with Gasteiger partial charge in [-0.3, -0.25) is 19.5 Å². The molecule has 0 N–H and O–H groups in total. The molecule has 0 aliphatic rings. The lowest BCUT2D eigenvalue weighted by Gasteiger charge is -2.25. The number of ether oxygens (including phenoxy) is 1. The van der Waals surface area contributed by atoms with Crippen molar-refractivity contribution in [1.29, 1.82) is 0 Å². The van der Waals surface area contributed by atoms with E-state index in [4.69, 9.17) is 11.6 Å². The van der Waals surface area contributed by atoms with Crippen LogP contribution >= 0.6 is 11.6 Å². The van der Waals surface area contributed by atoms with Gasteiger partial charge in [-0.25, -0.2) is 8.42 Å². The van der Waals surface area contributed by atoms with Crippen LogP contribution in [-0.4, -0.2) is 45.2 Å². The summed E-state index contributed by atoms with van der Waals surface area (Å²) in [5.41, 5.74) is -1.06. The molecule has 0 aliphatic heterocycles. The Bertz CT molecular complexity index is 1390. The fraction of sp³-hybridized carbons (Fsp3) is 0.174. The molecular formula is C23H18ClF3N2O5S. The number of benzene rings is 2. The Morgan fingerprint density at radius 1 is 1.09 bits per heavy atom. The molecule has 0 radical (unpaired) electrons. The number of alkyl halides is 3. The zero-order valence-electron chi connectivity index (χ0n) is 18.3. The Hall–Kier alpha value is -3.44. The molecule has 0 saturated carbocycles. The lowest BCUT2D eigenvalue weighted by atomic mass is 10.0. The van der Waals surface area contributed by atoms with Crippen LogP contribution < -0.4 is 4.90 Å². The summed E-state index contributed by atoms with van der Waals surface area (Å²) >= 11 is 6.30. The molecule has 0 saturated heterocycles. The Kier molecular flexibility index (Phi) is 7.51. The van der Waals surface area contributed by atoms with Gasteiger partial charge in [0.2, 0.25) is 0 Å². The van der Waals surface area contributed by atoms with E-state index in [1.54, 1.807) is 24.3 Å². The minimum atomic E-state index is -4.93. The summed E-state index contributed by atoms with van der Waals surface area (Å²) in [6, 6.07) is 9.91. The molecule has 3 rings (SSSR count). The average Bonchev–Trinajstić information content (AvgIpc) is 2.81. The molecule has 1 aromatic heterocycles. The van der Waals surface area contributed by atoms with E-state index in [1.165, 1.54) is 18.5 Å². The predicted molar refractivity (Wildman–Crippen MR) is 123 cm³/mol. The Labute approximate surface area is 204 Å². The first-order valence-electron chi connectivity index (χ1n) is 9.83. The fourth-order valence-corrected chi connectivity index (χ4v) is 4.14. The molecule has 0 unspecified atom stereocenters. The summed E-state index contributed by atoms with van der Waals surface area (Å²) in [7, 11) is -3.03. The SMILES string of the molecule is COC(=O)CN(C(=O)c1cc(C(F)(F)F)cc(S(C)(=O)=O)c1)c1cnccc1-c1ccccc1Cl. The lowest BCUT2D eigenvalue weighted by molar-refractivity contribution is -0.139. The van der Waals surface area contributed by atoms with Crippen LogP contribution in [0.25, 0.3) is 11.1 Å². The molecule has 0 spiro atoms. The Morgan fingerprint density at radius 3 is 2.37 bits per heavy atom. The largest absolute Gasteiger partial charge is 0.468 e. The van der Waals surface area contributed by atoms with Gasteiger partial charge in [0.05, 0.1) is 29.5 Å². The molecule has 0 aliphatic carbocycles. The number of rotatable bonds is 6. The third-order valence-corrected chi connectivity index (χ3v) is 6.35. The summed E-state index contributed by atoms with van der Waals surface area (Å²) in [5, 5.41) is 0.309. The van der Waals surface area contributed by atoms with Crippen LogP contribution in [0.15, 0.2) is 65.8 Å². The van der Waals surface area contributed by atoms with Crippen LogP contribution in [0.3, 0.4) is 0 Å². The highest BCUT2D eigenvalue weighted by Crippen LogP contribution is 2.36. The highest BCUT2D eigenvalue weighted by molar-refractivity contribution is 7.90. The molecule has 0 fully saturated rings. The highest BCUT2D eigenvalue weighted by atomic mass is 35.5. The van der Waals surface area contributed by atoms with E-state index in [9.17, 15) is 31.2 Å². The van der Waals surface area contributed by atoms with E-state index in [1.807, 2.05) is 0 Å². The van der Waals surface area contributed by atoms with Crippen LogP contribution in [0, 0.1) is 0 Å². The topological polar surface area (TPSA) is 93.6 Å². The second kappa shape index (κ2) is 10.0. The number of aromatic nitrogens is 1. The molecule has 35 heavy (non-hydrogen) atoms. The van der Waals surface area contributed by atoms with E-state index >= 15 is 0 Å². The number of methoxy groups -OCH3 is 1. The number of pyridine rings is 1. The number of halogens is 4. The van der Waals surface area contributed by atoms with Gasteiger partial charge in [0.15, 0.2) is 9.84 Å². The second-order valence-corrected chi connectivity index (χ2v) is 9.78. The number of carbonyl (C=O) groups is 2. The van der Waals surface area contributed by atoms with Crippen molar-refractivity contribution in [3.8, 4) is 11.1 Å². The average molecular weight is 527 g/mol. The molecule has 0 bridgehead atoms. The maximum absolute atomic E-state index is 13.5. The highest BCUT2D eigenvalue weighted by Gasteiger charge is 2.34. The zero-order chi connectivity index (χ0) is 26.0. The van der Waals surface area contributed by atoms with Gasteiger partial charge in [-0.1, -0.05) is 29.8 Å². The first kappa shape index (κ1) is 26.2. The number of sulfone groups is 1. The third kappa shape index (κ3) is 5.98. The quantitative estimate of drug-likeness (QED) is 0.434. The van der Waals surface area contributed by atoms with E-state index in [-0.39, 0.29) is 5.69 Å². The van der Waals surface area contributed by atoms with Crippen LogP contribution in [0.2, 0.25) is 5.02 Å². The molecule has 0 atom stereocenters. The lowest BCUT2D eigenvalue weighted by Crippen LogP contribution is -2.37. The molecule has 3 aromatic rings. The number of hydrogen-bond donors (Lipinski definition) is 0. The number of anilines is 1. The maximum Gasteiger partial charge on any atom is 0.416 e. The van der Waals surface area contributed by atoms with Gasteiger partial charge in [0, 0.05) is 34.2 Å². The second-order valence-electron chi connectivity index (χ2n) is 7.36. The van der Waals surface area contributed by atoms with Gasteiger partial charge in [-0.2, -0.15) is 13.2 Å². The third-order valence-electron chi connectivity index (χ3n) is 4.92. The predicted octanol–water partition coefficient (Wildman–Crippen LogP) is 4.64. The molecule has 7 nitrogen and oxygen atoms in total. The minimum absolute atomic E-state index is 0.0503. The Morgan fingerprint density at radius 2 is 1.77 bits per heavy atom. The first-order valence-corrected chi connectivity index (χ1v) is 12.1. The number of hydrogen-bond acceptors (Lipinski definition) is 6. The van der Waals surface area contributed by atoms with Crippen LogP contribution in [-0.2, 0) is 25.5 Å². The van der Waals surface area contributed by atoms with E-state index in [2.05, 4.69) is 9.72 Å². The zero-order valence-corrected chi connectivity index (χ0v) is 19.9. The maximum atomic E-state index is 13.5. The van der Waals surface area contributed by atoms with Gasteiger partial charge in [0.25, 0.3) is 5.91 Å². The Balaban J connectivity index is 2.24. The van der Waals surface area contributed by atoms with E-state index in [0.717, 1.165) is 24.3 Å². The van der Waals surface area contributed by atoms with Gasteiger partial charge < -0.3 is 4.74 Å². The number of nitrogens with zero attached hydrogens (tertiary/aromatic N) is 2.